The fourth-order valence-electron chi connectivity index (χ4n) is 8.86. The van der Waals surface area contributed by atoms with E-state index in [2.05, 4.69) is 181 Å². The van der Waals surface area contributed by atoms with Gasteiger partial charge in [0, 0.05) is 32.8 Å². The van der Waals surface area contributed by atoms with Gasteiger partial charge in [-0.2, -0.15) is 0 Å². The van der Waals surface area contributed by atoms with Crippen molar-refractivity contribution in [2.45, 2.75) is 19.3 Å². The van der Waals surface area contributed by atoms with Crippen LogP contribution >= 0.6 is 0 Å². The van der Waals surface area contributed by atoms with Gasteiger partial charge in [-0.05, 0) is 63.4 Å². The quantitative estimate of drug-likeness (QED) is 0.190. The number of hydrogen-bond acceptors (Lipinski definition) is 2. The number of benzene rings is 7. The first-order valence-corrected chi connectivity index (χ1v) is 17.6. The lowest BCUT2D eigenvalue weighted by atomic mass is 9.82. The van der Waals surface area contributed by atoms with Gasteiger partial charge in [0.15, 0.2) is 0 Å². The van der Waals surface area contributed by atoms with Crippen molar-refractivity contribution in [3.63, 3.8) is 0 Å². The highest BCUT2D eigenvalue weighted by atomic mass is 15.2. The first-order chi connectivity index (χ1) is 25.1. The maximum atomic E-state index is 5.63. The molecule has 4 heteroatoms. The Morgan fingerprint density at radius 2 is 1.16 bits per heavy atom. The zero-order valence-electron chi connectivity index (χ0n) is 28.3. The normalized spacial score (nSPS) is 13.5. The van der Waals surface area contributed by atoms with Crippen molar-refractivity contribution < 1.29 is 0 Å². The Morgan fingerprint density at radius 3 is 2.00 bits per heavy atom. The van der Waals surface area contributed by atoms with Crippen molar-refractivity contribution in [2.75, 3.05) is 0 Å². The van der Waals surface area contributed by atoms with Gasteiger partial charge in [-0.3, -0.25) is 4.57 Å². The SMILES string of the molecule is CC1(C)c2ccccc2-c2c1ccc1c2c2ccccc2n1-c1nc(-c2ccccc2)c2c(n1)c1c3ccccc3ccc1n2-c1ccccc1. The molecule has 0 N–H and O–H groups in total. The van der Waals surface area contributed by atoms with Gasteiger partial charge >= 0.3 is 0 Å². The van der Waals surface area contributed by atoms with Crippen LogP contribution in [0.5, 0.6) is 0 Å². The monoisotopic (exact) mass is 652 g/mol. The third-order valence-corrected chi connectivity index (χ3v) is 11.1. The largest absolute Gasteiger partial charge is 0.306 e. The Labute approximate surface area is 294 Å². The summed E-state index contributed by atoms with van der Waals surface area (Å²) in [6.45, 7) is 4.69. The molecule has 0 fully saturated rings. The van der Waals surface area contributed by atoms with Crippen molar-refractivity contribution in [2.24, 2.45) is 0 Å². The molecule has 3 aromatic heterocycles. The maximum absolute atomic E-state index is 5.63. The number of fused-ring (bicyclic) bond motifs is 12. The summed E-state index contributed by atoms with van der Waals surface area (Å²) < 4.78 is 4.64. The first kappa shape index (κ1) is 28.3. The van der Waals surface area contributed by atoms with Crippen molar-refractivity contribution in [3.05, 3.63) is 169 Å². The van der Waals surface area contributed by atoms with Crippen LogP contribution in [0.25, 0.3) is 88.5 Å². The summed E-state index contributed by atoms with van der Waals surface area (Å²) in [5.74, 6) is 0.665. The number of para-hydroxylation sites is 2. The average Bonchev–Trinajstić information content (AvgIpc) is 3.78. The van der Waals surface area contributed by atoms with Crippen LogP contribution in [-0.4, -0.2) is 19.1 Å². The van der Waals surface area contributed by atoms with E-state index in [4.69, 9.17) is 9.97 Å². The maximum Gasteiger partial charge on any atom is 0.235 e. The van der Waals surface area contributed by atoms with Crippen LogP contribution in [0.4, 0.5) is 0 Å². The van der Waals surface area contributed by atoms with E-state index in [-0.39, 0.29) is 5.41 Å². The minimum atomic E-state index is -0.0977. The van der Waals surface area contributed by atoms with Crippen molar-refractivity contribution in [1.82, 2.24) is 19.1 Å². The van der Waals surface area contributed by atoms with E-state index in [1.807, 2.05) is 0 Å². The summed E-state index contributed by atoms with van der Waals surface area (Å²) in [5, 5.41) is 5.96. The standard InChI is InChI=1S/C47H32N4/c1-47(2)35-23-13-11-21-33(35)40-36(47)26-28-38-41(40)34-22-12-14-24-37(34)51(38)46-48-43(30-16-5-3-6-17-30)45-44(49-46)42-32-20-10-9-15-29(32)25-27-39(42)50(45)31-18-7-4-8-19-31/h3-28H,1-2H3. The lowest BCUT2D eigenvalue weighted by Crippen LogP contribution is -2.14. The molecule has 0 saturated carbocycles. The van der Waals surface area contributed by atoms with E-state index in [1.165, 1.54) is 43.8 Å². The molecule has 0 spiro atoms. The predicted molar refractivity (Wildman–Crippen MR) is 211 cm³/mol. The molecule has 10 aromatic rings. The predicted octanol–water partition coefficient (Wildman–Crippen LogP) is 11.8. The van der Waals surface area contributed by atoms with Crippen molar-refractivity contribution >= 4 is 54.5 Å². The first-order valence-electron chi connectivity index (χ1n) is 17.6. The minimum Gasteiger partial charge on any atom is -0.306 e. The number of nitrogens with zero attached hydrogens (tertiary/aromatic N) is 4. The zero-order valence-corrected chi connectivity index (χ0v) is 28.3. The van der Waals surface area contributed by atoms with Gasteiger partial charge < -0.3 is 4.57 Å². The van der Waals surface area contributed by atoms with E-state index < -0.39 is 0 Å². The fraction of sp³-hybridized carbons (Fsp3) is 0.0638. The minimum absolute atomic E-state index is 0.0977. The number of aromatic nitrogens is 4. The molecule has 3 heterocycles. The molecule has 11 rings (SSSR count). The second kappa shape index (κ2) is 10.3. The van der Waals surface area contributed by atoms with E-state index in [9.17, 15) is 0 Å². The summed E-state index contributed by atoms with van der Waals surface area (Å²) in [7, 11) is 0. The van der Waals surface area contributed by atoms with Gasteiger partial charge in [0.25, 0.3) is 0 Å². The number of rotatable bonds is 3. The molecule has 240 valence electrons. The molecular weight excluding hydrogens is 621 g/mol. The van der Waals surface area contributed by atoms with E-state index >= 15 is 0 Å². The van der Waals surface area contributed by atoms with E-state index in [1.54, 1.807) is 0 Å². The third-order valence-electron chi connectivity index (χ3n) is 11.1. The average molecular weight is 653 g/mol. The molecule has 0 radical (unpaired) electrons. The molecule has 1 aliphatic carbocycles. The molecule has 0 unspecified atom stereocenters. The number of hydrogen-bond donors (Lipinski definition) is 0. The van der Waals surface area contributed by atoms with Crippen LogP contribution in [0.1, 0.15) is 25.0 Å². The summed E-state index contributed by atoms with van der Waals surface area (Å²) in [6.07, 6.45) is 0. The van der Waals surface area contributed by atoms with Crippen LogP contribution in [0, 0.1) is 0 Å². The summed E-state index contributed by atoms with van der Waals surface area (Å²) in [5.41, 5.74) is 13.5. The Hall–Kier alpha value is -6.52. The molecule has 0 saturated heterocycles. The molecular formula is C47H32N4. The zero-order chi connectivity index (χ0) is 33.8. The third kappa shape index (κ3) is 3.79. The smallest absolute Gasteiger partial charge is 0.235 e. The van der Waals surface area contributed by atoms with Crippen molar-refractivity contribution in [1.29, 1.82) is 0 Å². The van der Waals surface area contributed by atoms with Crippen LogP contribution < -0.4 is 0 Å². The molecule has 51 heavy (non-hydrogen) atoms. The Morgan fingerprint density at radius 1 is 0.490 bits per heavy atom. The van der Waals surface area contributed by atoms with Crippen molar-refractivity contribution in [3.8, 4) is 34.0 Å². The molecule has 1 aliphatic rings. The Bertz CT molecular complexity index is 3040. The van der Waals surface area contributed by atoms with Crippen LogP contribution in [0.2, 0.25) is 0 Å². The van der Waals surface area contributed by atoms with Gasteiger partial charge in [0.2, 0.25) is 5.95 Å². The van der Waals surface area contributed by atoms with Crippen LogP contribution in [0.3, 0.4) is 0 Å². The molecule has 0 aliphatic heterocycles. The van der Waals surface area contributed by atoms with Gasteiger partial charge in [-0.1, -0.05) is 141 Å². The highest BCUT2D eigenvalue weighted by Gasteiger charge is 2.37. The molecule has 0 atom stereocenters. The molecule has 0 amide bonds. The Balaban J connectivity index is 1.34. The highest BCUT2D eigenvalue weighted by molar-refractivity contribution is 6.22. The molecule has 7 aromatic carbocycles. The lowest BCUT2D eigenvalue weighted by molar-refractivity contribution is 0.661. The topological polar surface area (TPSA) is 35.6 Å². The van der Waals surface area contributed by atoms with Crippen LogP contribution in [0.15, 0.2) is 158 Å². The highest BCUT2D eigenvalue weighted by Crippen LogP contribution is 2.53. The van der Waals surface area contributed by atoms with E-state index in [0.29, 0.717) is 5.95 Å². The van der Waals surface area contributed by atoms with Crippen LogP contribution in [-0.2, 0) is 5.41 Å². The summed E-state index contributed by atoms with van der Waals surface area (Å²) in [4.78, 5) is 11.2. The van der Waals surface area contributed by atoms with Gasteiger partial charge in [0.05, 0.1) is 22.1 Å². The van der Waals surface area contributed by atoms with E-state index in [0.717, 1.165) is 49.9 Å². The van der Waals surface area contributed by atoms with Gasteiger partial charge in [-0.25, -0.2) is 9.97 Å². The van der Waals surface area contributed by atoms with Gasteiger partial charge in [0.1, 0.15) is 11.2 Å². The molecule has 4 nitrogen and oxygen atoms in total. The van der Waals surface area contributed by atoms with Gasteiger partial charge in [-0.15, -0.1) is 0 Å². The second-order valence-electron chi connectivity index (χ2n) is 14.2. The fourth-order valence-corrected chi connectivity index (χ4v) is 8.86. The second-order valence-corrected chi connectivity index (χ2v) is 14.2. The molecule has 0 bridgehead atoms. The Kier molecular flexibility index (Phi) is 5.70. The summed E-state index contributed by atoms with van der Waals surface area (Å²) in [6, 6.07) is 56.6. The lowest BCUT2D eigenvalue weighted by Gasteiger charge is -2.21. The summed E-state index contributed by atoms with van der Waals surface area (Å²) >= 11 is 0.